The highest BCUT2D eigenvalue weighted by Gasteiger charge is 2.18. The zero-order valence-corrected chi connectivity index (χ0v) is 10.4. The van der Waals surface area contributed by atoms with Crippen LogP contribution in [-0.4, -0.2) is 30.1 Å². The smallest absolute Gasteiger partial charge is 0.120 e. The van der Waals surface area contributed by atoms with Gasteiger partial charge < -0.3 is 15.7 Å². The van der Waals surface area contributed by atoms with E-state index in [1.807, 2.05) is 25.2 Å². The lowest BCUT2D eigenvalue weighted by atomic mass is 9.93. The number of aromatic hydroxyl groups is 1. The van der Waals surface area contributed by atoms with Gasteiger partial charge in [0.15, 0.2) is 0 Å². The second-order valence-electron chi connectivity index (χ2n) is 5.17. The molecule has 0 radical (unpaired) electrons. The molecule has 0 fully saturated rings. The largest absolute Gasteiger partial charge is 0.508 e. The minimum atomic E-state index is 0.110. The highest BCUT2D eigenvalue weighted by Crippen LogP contribution is 2.20. The maximum atomic E-state index is 9.66. The van der Waals surface area contributed by atoms with Crippen LogP contribution in [0.25, 0.3) is 0 Å². The van der Waals surface area contributed by atoms with Crippen molar-refractivity contribution in [3.63, 3.8) is 0 Å². The second-order valence-corrected chi connectivity index (χ2v) is 5.17. The summed E-state index contributed by atoms with van der Waals surface area (Å²) in [6.45, 7) is 6.62. The van der Waals surface area contributed by atoms with E-state index in [-0.39, 0.29) is 5.41 Å². The van der Waals surface area contributed by atoms with E-state index in [2.05, 4.69) is 18.7 Å². The van der Waals surface area contributed by atoms with E-state index < -0.39 is 0 Å². The summed E-state index contributed by atoms with van der Waals surface area (Å²) in [5, 5.41) is 9.66. The van der Waals surface area contributed by atoms with Gasteiger partial charge >= 0.3 is 0 Å². The van der Waals surface area contributed by atoms with Crippen molar-refractivity contribution in [2.24, 2.45) is 11.1 Å². The summed E-state index contributed by atoms with van der Waals surface area (Å²) in [7, 11) is 2.05. The number of para-hydroxylation sites is 1. The molecule has 0 amide bonds. The number of phenolic OH excluding ortho intramolecular Hbond substituents is 1. The van der Waals surface area contributed by atoms with Crippen LogP contribution in [0, 0.1) is 5.41 Å². The van der Waals surface area contributed by atoms with Crippen LogP contribution in [0.4, 0.5) is 0 Å². The van der Waals surface area contributed by atoms with Gasteiger partial charge in [-0.25, -0.2) is 0 Å². The summed E-state index contributed by atoms with van der Waals surface area (Å²) in [4.78, 5) is 2.18. The van der Waals surface area contributed by atoms with Crippen LogP contribution < -0.4 is 5.73 Å². The lowest BCUT2D eigenvalue weighted by Crippen LogP contribution is -2.36. The standard InChI is InChI=1S/C13H22N2O/c1-13(2,9-14)10-15(3)8-11-6-4-5-7-12(11)16/h4-7,16H,8-10,14H2,1-3H3. The van der Waals surface area contributed by atoms with Gasteiger partial charge in [0, 0.05) is 18.7 Å². The SMILES string of the molecule is CN(Cc1ccccc1O)CC(C)(C)CN. The van der Waals surface area contributed by atoms with Crippen molar-refractivity contribution >= 4 is 0 Å². The predicted molar refractivity (Wildman–Crippen MR) is 67.3 cm³/mol. The van der Waals surface area contributed by atoms with E-state index in [1.165, 1.54) is 0 Å². The fraction of sp³-hybridized carbons (Fsp3) is 0.538. The molecule has 0 spiro atoms. The van der Waals surface area contributed by atoms with E-state index in [9.17, 15) is 5.11 Å². The molecule has 0 bridgehead atoms. The Morgan fingerprint density at radius 1 is 1.31 bits per heavy atom. The molecule has 0 aliphatic heterocycles. The quantitative estimate of drug-likeness (QED) is 0.799. The van der Waals surface area contributed by atoms with Crippen LogP contribution in [0.2, 0.25) is 0 Å². The van der Waals surface area contributed by atoms with Gasteiger partial charge in [0.1, 0.15) is 5.75 Å². The number of benzene rings is 1. The molecule has 3 nitrogen and oxygen atoms in total. The maximum absolute atomic E-state index is 9.66. The Morgan fingerprint density at radius 2 is 1.94 bits per heavy atom. The van der Waals surface area contributed by atoms with Gasteiger partial charge in [-0.1, -0.05) is 32.0 Å². The first kappa shape index (κ1) is 13.0. The summed E-state index contributed by atoms with van der Waals surface area (Å²) >= 11 is 0. The summed E-state index contributed by atoms with van der Waals surface area (Å²) in [6, 6.07) is 7.44. The summed E-state index contributed by atoms with van der Waals surface area (Å²) in [6.07, 6.45) is 0. The molecule has 1 rings (SSSR count). The Bertz CT molecular complexity index is 336. The molecular formula is C13H22N2O. The van der Waals surface area contributed by atoms with Gasteiger partial charge in [0.25, 0.3) is 0 Å². The molecule has 0 aliphatic rings. The van der Waals surface area contributed by atoms with Gasteiger partial charge in [0.2, 0.25) is 0 Å². The fourth-order valence-corrected chi connectivity index (χ4v) is 1.79. The first-order chi connectivity index (χ1) is 7.44. The predicted octanol–water partition coefficient (Wildman–Crippen LogP) is 1.81. The van der Waals surface area contributed by atoms with E-state index in [1.54, 1.807) is 6.07 Å². The molecule has 0 unspecified atom stereocenters. The highest BCUT2D eigenvalue weighted by atomic mass is 16.3. The molecule has 0 atom stereocenters. The van der Waals surface area contributed by atoms with Gasteiger partial charge in [-0.3, -0.25) is 0 Å². The number of phenols is 1. The van der Waals surface area contributed by atoms with Crippen molar-refractivity contribution in [3.05, 3.63) is 29.8 Å². The molecule has 0 saturated carbocycles. The number of nitrogens with two attached hydrogens (primary N) is 1. The molecule has 0 aliphatic carbocycles. The Morgan fingerprint density at radius 3 is 2.50 bits per heavy atom. The van der Waals surface area contributed by atoms with Crippen molar-refractivity contribution in [2.45, 2.75) is 20.4 Å². The monoisotopic (exact) mass is 222 g/mol. The summed E-state index contributed by atoms with van der Waals surface area (Å²) in [5.41, 5.74) is 6.77. The first-order valence-electron chi connectivity index (χ1n) is 5.60. The molecule has 1 aromatic rings. The average Bonchev–Trinajstić information content (AvgIpc) is 2.21. The molecule has 0 heterocycles. The van der Waals surface area contributed by atoms with Gasteiger partial charge in [0.05, 0.1) is 0 Å². The van der Waals surface area contributed by atoms with Crippen LogP contribution in [-0.2, 0) is 6.54 Å². The Balaban J connectivity index is 2.58. The fourth-order valence-electron chi connectivity index (χ4n) is 1.79. The molecule has 1 aromatic carbocycles. The van der Waals surface area contributed by atoms with Crippen LogP contribution in [0.5, 0.6) is 5.75 Å². The first-order valence-corrected chi connectivity index (χ1v) is 5.60. The Labute approximate surface area is 97.9 Å². The molecular weight excluding hydrogens is 200 g/mol. The van der Waals surface area contributed by atoms with E-state index in [4.69, 9.17) is 5.73 Å². The maximum Gasteiger partial charge on any atom is 0.120 e. The van der Waals surface area contributed by atoms with Crippen molar-refractivity contribution in [3.8, 4) is 5.75 Å². The molecule has 0 saturated heterocycles. The highest BCUT2D eigenvalue weighted by molar-refractivity contribution is 5.31. The van der Waals surface area contributed by atoms with Crippen molar-refractivity contribution < 1.29 is 5.11 Å². The van der Waals surface area contributed by atoms with E-state index in [0.717, 1.165) is 18.7 Å². The third kappa shape index (κ3) is 3.83. The second kappa shape index (κ2) is 5.32. The zero-order chi connectivity index (χ0) is 12.2. The van der Waals surface area contributed by atoms with Crippen molar-refractivity contribution in [1.29, 1.82) is 0 Å². The van der Waals surface area contributed by atoms with Crippen LogP contribution in [0.1, 0.15) is 19.4 Å². The zero-order valence-electron chi connectivity index (χ0n) is 10.4. The molecule has 3 heteroatoms. The van der Waals surface area contributed by atoms with Crippen LogP contribution >= 0.6 is 0 Å². The van der Waals surface area contributed by atoms with Gasteiger partial charge in [-0.15, -0.1) is 0 Å². The number of nitrogens with zero attached hydrogens (tertiary/aromatic N) is 1. The lowest BCUT2D eigenvalue weighted by molar-refractivity contribution is 0.208. The van der Waals surface area contributed by atoms with Crippen molar-refractivity contribution in [1.82, 2.24) is 4.90 Å². The molecule has 0 aromatic heterocycles. The molecule has 90 valence electrons. The molecule has 16 heavy (non-hydrogen) atoms. The summed E-state index contributed by atoms with van der Waals surface area (Å²) in [5.74, 6) is 0.361. The number of rotatable bonds is 5. The third-order valence-corrected chi connectivity index (χ3v) is 2.68. The van der Waals surface area contributed by atoms with E-state index >= 15 is 0 Å². The minimum Gasteiger partial charge on any atom is -0.508 e. The van der Waals surface area contributed by atoms with Crippen molar-refractivity contribution in [2.75, 3.05) is 20.1 Å². The lowest BCUT2D eigenvalue weighted by Gasteiger charge is -2.29. The van der Waals surface area contributed by atoms with Crippen LogP contribution in [0.3, 0.4) is 0 Å². The minimum absolute atomic E-state index is 0.110. The van der Waals surface area contributed by atoms with Gasteiger partial charge in [-0.05, 0) is 25.1 Å². The summed E-state index contributed by atoms with van der Waals surface area (Å²) < 4.78 is 0. The van der Waals surface area contributed by atoms with E-state index in [0.29, 0.717) is 12.3 Å². The normalized spacial score (nSPS) is 12.1. The average molecular weight is 222 g/mol. The third-order valence-electron chi connectivity index (χ3n) is 2.68. The number of hydrogen-bond acceptors (Lipinski definition) is 3. The number of hydrogen-bond donors (Lipinski definition) is 2. The Hall–Kier alpha value is -1.06. The van der Waals surface area contributed by atoms with Crippen LogP contribution in [0.15, 0.2) is 24.3 Å². The van der Waals surface area contributed by atoms with Gasteiger partial charge in [-0.2, -0.15) is 0 Å². The molecule has 3 N–H and O–H groups in total. The Kier molecular flexibility index (Phi) is 4.33. The topological polar surface area (TPSA) is 49.5 Å².